The largest absolute Gasteiger partial charge is 0.493 e. The van der Waals surface area contributed by atoms with Crippen molar-refractivity contribution in [1.29, 1.82) is 0 Å². The highest BCUT2D eigenvalue weighted by Gasteiger charge is 2.21. The van der Waals surface area contributed by atoms with Crippen LogP contribution in [0.25, 0.3) is 11.5 Å². The zero-order valence-corrected chi connectivity index (χ0v) is 15.9. The van der Waals surface area contributed by atoms with Crippen molar-refractivity contribution in [3.8, 4) is 23.0 Å². The van der Waals surface area contributed by atoms with E-state index in [1.54, 1.807) is 14.2 Å². The smallest absolute Gasteiger partial charge is 0.248 e. The third-order valence-electron chi connectivity index (χ3n) is 5.00. The summed E-state index contributed by atoms with van der Waals surface area (Å²) in [5, 5.41) is 8.47. The van der Waals surface area contributed by atoms with E-state index in [1.807, 2.05) is 31.2 Å². The van der Waals surface area contributed by atoms with Crippen molar-refractivity contribution in [2.75, 3.05) is 20.8 Å². The summed E-state index contributed by atoms with van der Waals surface area (Å²) in [7, 11) is 3.33. The monoisotopic (exact) mass is 365 g/mol. The number of rotatable bonds is 5. The van der Waals surface area contributed by atoms with Crippen LogP contribution in [0.3, 0.4) is 0 Å². The van der Waals surface area contributed by atoms with E-state index in [1.165, 1.54) is 11.1 Å². The number of nitrogens with zero attached hydrogens (tertiary/aromatic N) is 3. The molecule has 0 unspecified atom stereocenters. The van der Waals surface area contributed by atoms with Crippen LogP contribution in [0, 0.1) is 6.92 Å². The van der Waals surface area contributed by atoms with Crippen molar-refractivity contribution in [2.24, 2.45) is 0 Å². The van der Waals surface area contributed by atoms with Gasteiger partial charge in [-0.25, -0.2) is 0 Å². The molecule has 140 valence electrons. The lowest BCUT2D eigenvalue weighted by atomic mass is 9.99. The van der Waals surface area contributed by atoms with Gasteiger partial charge in [-0.1, -0.05) is 18.2 Å². The van der Waals surface area contributed by atoms with Crippen LogP contribution in [-0.4, -0.2) is 35.9 Å². The topological polar surface area (TPSA) is 60.6 Å². The van der Waals surface area contributed by atoms with Crippen LogP contribution in [0.1, 0.15) is 22.6 Å². The van der Waals surface area contributed by atoms with Crippen molar-refractivity contribution in [3.63, 3.8) is 0 Å². The maximum absolute atomic E-state index is 5.91. The summed E-state index contributed by atoms with van der Waals surface area (Å²) in [6.45, 7) is 4.43. The Bertz CT molecular complexity index is 952. The van der Waals surface area contributed by atoms with E-state index in [0.717, 1.165) is 42.1 Å². The van der Waals surface area contributed by atoms with E-state index in [-0.39, 0.29) is 0 Å². The highest BCUT2D eigenvalue weighted by atomic mass is 16.5. The first kappa shape index (κ1) is 17.5. The van der Waals surface area contributed by atoms with Gasteiger partial charge in [0.25, 0.3) is 0 Å². The van der Waals surface area contributed by atoms with Gasteiger partial charge in [0.15, 0.2) is 11.5 Å². The molecule has 0 N–H and O–H groups in total. The molecule has 0 amide bonds. The molecule has 0 bridgehead atoms. The van der Waals surface area contributed by atoms with Gasteiger partial charge in [-0.3, -0.25) is 4.90 Å². The normalized spacial score (nSPS) is 14.0. The Labute approximate surface area is 158 Å². The minimum atomic E-state index is 0.576. The predicted octanol–water partition coefficient (Wildman–Crippen LogP) is 3.62. The molecule has 0 saturated heterocycles. The molecule has 1 aliphatic heterocycles. The first-order chi connectivity index (χ1) is 13.2. The highest BCUT2D eigenvalue weighted by molar-refractivity contribution is 5.57. The van der Waals surface area contributed by atoms with Crippen LogP contribution < -0.4 is 9.47 Å². The molecule has 1 aromatic heterocycles. The molecule has 6 nitrogen and oxygen atoms in total. The number of aromatic nitrogens is 2. The van der Waals surface area contributed by atoms with Gasteiger partial charge in [0.05, 0.1) is 20.8 Å². The van der Waals surface area contributed by atoms with Crippen molar-refractivity contribution >= 4 is 0 Å². The lowest BCUT2D eigenvalue weighted by Crippen LogP contribution is -2.30. The van der Waals surface area contributed by atoms with Gasteiger partial charge in [-0.15, -0.1) is 10.2 Å². The van der Waals surface area contributed by atoms with Gasteiger partial charge in [0.2, 0.25) is 11.8 Å². The fraction of sp³-hybridized carbons (Fsp3) is 0.333. The van der Waals surface area contributed by atoms with Gasteiger partial charge in [-0.2, -0.15) is 0 Å². The van der Waals surface area contributed by atoms with Gasteiger partial charge in [-0.05, 0) is 48.2 Å². The average molecular weight is 365 g/mol. The lowest BCUT2D eigenvalue weighted by Gasteiger charge is -2.28. The quantitative estimate of drug-likeness (QED) is 0.688. The van der Waals surface area contributed by atoms with Crippen LogP contribution >= 0.6 is 0 Å². The Kier molecular flexibility index (Phi) is 4.81. The summed E-state index contributed by atoms with van der Waals surface area (Å²) in [6, 6.07) is 12.2. The van der Waals surface area contributed by atoms with Gasteiger partial charge in [0.1, 0.15) is 0 Å². The second-order valence-corrected chi connectivity index (χ2v) is 6.75. The lowest BCUT2D eigenvalue weighted by molar-refractivity contribution is 0.221. The summed E-state index contributed by atoms with van der Waals surface area (Å²) in [5.74, 6) is 2.76. The van der Waals surface area contributed by atoms with Gasteiger partial charge >= 0.3 is 0 Å². The Morgan fingerprint density at radius 1 is 1.04 bits per heavy atom. The first-order valence-electron chi connectivity index (χ1n) is 9.02. The van der Waals surface area contributed by atoms with E-state index in [4.69, 9.17) is 13.9 Å². The standard InChI is InChI=1S/C21H23N3O3/c1-14-6-4-5-7-17(14)21-23-22-20(27-21)13-24-9-8-15-10-18(25-2)19(26-3)11-16(15)12-24/h4-7,10-11H,8-9,12-13H2,1-3H3. The fourth-order valence-electron chi connectivity index (χ4n) is 3.51. The second-order valence-electron chi connectivity index (χ2n) is 6.75. The number of methoxy groups -OCH3 is 2. The number of aryl methyl sites for hydroxylation is 1. The number of hydrogen-bond donors (Lipinski definition) is 0. The van der Waals surface area contributed by atoms with Crippen molar-refractivity contribution in [1.82, 2.24) is 15.1 Å². The van der Waals surface area contributed by atoms with Crippen molar-refractivity contribution in [2.45, 2.75) is 26.4 Å². The predicted molar refractivity (Wildman–Crippen MR) is 102 cm³/mol. The van der Waals surface area contributed by atoms with Crippen LogP contribution in [0.5, 0.6) is 11.5 Å². The second kappa shape index (κ2) is 7.40. The minimum absolute atomic E-state index is 0.576. The molecule has 27 heavy (non-hydrogen) atoms. The Hall–Kier alpha value is -2.86. The zero-order valence-electron chi connectivity index (χ0n) is 15.9. The molecule has 0 spiro atoms. The number of hydrogen-bond acceptors (Lipinski definition) is 6. The molecular weight excluding hydrogens is 342 g/mol. The van der Waals surface area contributed by atoms with Gasteiger partial charge < -0.3 is 13.9 Å². The van der Waals surface area contributed by atoms with Crippen LogP contribution in [0.4, 0.5) is 0 Å². The first-order valence-corrected chi connectivity index (χ1v) is 9.02. The summed E-state index contributed by atoms with van der Waals surface area (Å²) < 4.78 is 16.8. The SMILES string of the molecule is COc1cc2c(cc1OC)CN(Cc1nnc(-c3ccccc3C)o1)CC2. The highest BCUT2D eigenvalue weighted by Crippen LogP contribution is 2.33. The molecule has 0 aliphatic carbocycles. The molecule has 1 aliphatic rings. The zero-order chi connectivity index (χ0) is 18.8. The summed E-state index contributed by atoms with van der Waals surface area (Å²) in [5.41, 5.74) is 4.66. The molecule has 3 aromatic rings. The Morgan fingerprint density at radius 3 is 2.52 bits per heavy atom. The number of benzene rings is 2. The molecule has 0 saturated carbocycles. The van der Waals surface area contributed by atoms with E-state index >= 15 is 0 Å². The maximum Gasteiger partial charge on any atom is 0.248 e. The molecule has 2 aromatic carbocycles. The van der Waals surface area contributed by atoms with E-state index in [0.29, 0.717) is 18.3 Å². The van der Waals surface area contributed by atoms with E-state index < -0.39 is 0 Å². The van der Waals surface area contributed by atoms with Crippen LogP contribution in [0.15, 0.2) is 40.8 Å². The van der Waals surface area contributed by atoms with E-state index in [2.05, 4.69) is 27.2 Å². The summed E-state index contributed by atoms with van der Waals surface area (Å²) >= 11 is 0. The van der Waals surface area contributed by atoms with Crippen molar-refractivity contribution < 1.29 is 13.9 Å². The molecule has 4 rings (SSSR count). The Morgan fingerprint density at radius 2 is 1.78 bits per heavy atom. The molecular formula is C21H23N3O3. The summed E-state index contributed by atoms with van der Waals surface area (Å²) in [6.07, 6.45) is 0.953. The number of fused-ring (bicyclic) bond motifs is 1. The molecule has 0 radical (unpaired) electrons. The Balaban J connectivity index is 1.50. The third kappa shape index (κ3) is 3.53. The molecule has 0 fully saturated rings. The molecule has 2 heterocycles. The molecule has 6 heteroatoms. The van der Waals surface area contributed by atoms with Crippen molar-refractivity contribution in [3.05, 3.63) is 59.0 Å². The fourth-order valence-corrected chi connectivity index (χ4v) is 3.51. The third-order valence-corrected chi connectivity index (χ3v) is 5.00. The number of ether oxygens (including phenoxy) is 2. The van der Waals surface area contributed by atoms with Crippen LogP contribution in [0.2, 0.25) is 0 Å². The average Bonchev–Trinajstić information content (AvgIpc) is 3.15. The minimum Gasteiger partial charge on any atom is -0.493 e. The van der Waals surface area contributed by atoms with Crippen LogP contribution in [-0.2, 0) is 19.5 Å². The maximum atomic E-state index is 5.91. The summed E-state index contributed by atoms with van der Waals surface area (Å²) in [4.78, 5) is 2.31. The van der Waals surface area contributed by atoms with Gasteiger partial charge in [0, 0.05) is 18.7 Å². The van der Waals surface area contributed by atoms with E-state index in [9.17, 15) is 0 Å². The molecule has 0 atom stereocenters.